The Hall–Kier alpha value is -2.04. The first-order chi connectivity index (χ1) is 11.1. The molecule has 2 rings (SSSR count). The molecule has 1 heterocycles. The van der Waals surface area contributed by atoms with Gasteiger partial charge in [0.05, 0.1) is 0 Å². The maximum Gasteiger partial charge on any atom is 0.410 e. The molecule has 24 heavy (non-hydrogen) atoms. The second-order valence-electron chi connectivity index (χ2n) is 7.52. The van der Waals surface area contributed by atoms with Crippen molar-refractivity contribution in [1.82, 2.24) is 9.80 Å². The molecule has 1 aliphatic rings. The van der Waals surface area contributed by atoms with Crippen LogP contribution in [-0.2, 0) is 4.74 Å². The Morgan fingerprint density at radius 1 is 1.17 bits per heavy atom. The van der Waals surface area contributed by atoms with Crippen LogP contribution in [0.5, 0.6) is 0 Å². The van der Waals surface area contributed by atoms with Crippen LogP contribution in [0.25, 0.3) is 0 Å². The molecule has 132 valence electrons. The summed E-state index contributed by atoms with van der Waals surface area (Å²) in [5, 5.41) is 0. The number of rotatable bonds is 1. The summed E-state index contributed by atoms with van der Waals surface area (Å²) in [5.74, 6) is 0.0342. The number of hydrogen-bond acceptors (Lipinski definition) is 3. The molecule has 0 N–H and O–H groups in total. The van der Waals surface area contributed by atoms with Gasteiger partial charge in [-0.25, -0.2) is 4.79 Å². The summed E-state index contributed by atoms with van der Waals surface area (Å²) >= 11 is 0. The van der Waals surface area contributed by atoms with E-state index in [1.165, 1.54) is 0 Å². The van der Waals surface area contributed by atoms with Crippen molar-refractivity contribution >= 4 is 12.0 Å². The van der Waals surface area contributed by atoms with Gasteiger partial charge in [-0.15, -0.1) is 0 Å². The summed E-state index contributed by atoms with van der Waals surface area (Å²) in [6, 6.07) is 5.73. The average molecular weight is 332 g/mol. The van der Waals surface area contributed by atoms with E-state index in [0.29, 0.717) is 19.6 Å². The Bertz CT molecular complexity index is 634. The summed E-state index contributed by atoms with van der Waals surface area (Å²) < 4.78 is 5.45. The molecule has 1 aromatic carbocycles. The molecule has 0 saturated carbocycles. The minimum atomic E-state index is -0.511. The highest BCUT2D eigenvalue weighted by molar-refractivity contribution is 5.96. The van der Waals surface area contributed by atoms with Crippen LogP contribution in [0.3, 0.4) is 0 Å². The first kappa shape index (κ1) is 18.3. The molecular weight excluding hydrogens is 304 g/mol. The monoisotopic (exact) mass is 332 g/mol. The smallest absolute Gasteiger partial charge is 0.410 e. The summed E-state index contributed by atoms with van der Waals surface area (Å²) in [4.78, 5) is 28.6. The fraction of sp³-hybridized carbons (Fsp3) is 0.579. The highest BCUT2D eigenvalue weighted by atomic mass is 16.6. The van der Waals surface area contributed by atoms with Crippen LogP contribution in [0.2, 0.25) is 0 Å². The predicted octanol–water partition coefficient (Wildman–Crippen LogP) is 3.38. The molecule has 0 radical (unpaired) electrons. The summed E-state index contributed by atoms with van der Waals surface area (Å²) in [6.07, 6.45) is -0.311. The molecule has 5 heteroatoms. The van der Waals surface area contributed by atoms with E-state index >= 15 is 0 Å². The molecule has 0 aromatic heterocycles. The van der Waals surface area contributed by atoms with Gasteiger partial charge >= 0.3 is 6.09 Å². The van der Waals surface area contributed by atoms with Crippen LogP contribution < -0.4 is 0 Å². The number of amides is 2. The molecule has 2 amide bonds. The third kappa shape index (κ3) is 4.08. The number of piperazine rings is 1. The molecule has 5 nitrogen and oxygen atoms in total. The zero-order chi connectivity index (χ0) is 18.1. The predicted molar refractivity (Wildman–Crippen MR) is 94.2 cm³/mol. The van der Waals surface area contributed by atoms with E-state index < -0.39 is 5.60 Å². The van der Waals surface area contributed by atoms with Crippen LogP contribution in [0.1, 0.15) is 49.2 Å². The van der Waals surface area contributed by atoms with Gasteiger partial charge in [0.2, 0.25) is 0 Å². The van der Waals surface area contributed by atoms with E-state index in [9.17, 15) is 9.59 Å². The largest absolute Gasteiger partial charge is 0.444 e. The highest BCUT2D eigenvalue weighted by Gasteiger charge is 2.33. The van der Waals surface area contributed by atoms with Crippen molar-refractivity contribution in [1.29, 1.82) is 0 Å². The van der Waals surface area contributed by atoms with Gasteiger partial charge in [-0.2, -0.15) is 0 Å². The fourth-order valence-corrected chi connectivity index (χ4v) is 2.89. The van der Waals surface area contributed by atoms with Gasteiger partial charge in [0.25, 0.3) is 5.91 Å². The average Bonchev–Trinajstić information content (AvgIpc) is 2.47. The molecule has 1 aliphatic heterocycles. The minimum Gasteiger partial charge on any atom is -0.444 e. The number of benzene rings is 1. The summed E-state index contributed by atoms with van der Waals surface area (Å²) in [5.41, 5.74) is 2.36. The van der Waals surface area contributed by atoms with Crippen molar-refractivity contribution in [3.8, 4) is 0 Å². The second kappa shape index (κ2) is 6.83. The standard InChI is InChI=1S/C19H28N2O3/c1-13-8-7-9-16(15(13)3)17(22)20-10-11-21(14(2)12-20)18(23)24-19(4,5)6/h7-9,14H,10-12H2,1-6H3/t14-/m0/s1. The van der Waals surface area contributed by atoms with Crippen LogP contribution in [-0.4, -0.2) is 53.1 Å². The number of ether oxygens (including phenoxy) is 1. The van der Waals surface area contributed by atoms with Gasteiger partial charge in [-0.3, -0.25) is 4.79 Å². The zero-order valence-corrected chi connectivity index (χ0v) is 15.5. The molecule has 0 aliphatic carbocycles. The van der Waals surface area contributed by atoms with Crippen molar-refractivity contribution in [3.05, 3.63) is 34.9 Å². The highest BCUT2D eigenvalue weighted by Crippen LogP contribution is 2.19. The SMILES string of the molecule is Cc1cccc(C(=O)N2CCN(C(=O)OC(C)(C)C)[C@@H](C)C2)c1C. The molecule has 1 fully saturated rings. The molecule has 0 bridgehead atoms. The first-order valence-corrected chi connectivity index (χ1v) is 8.45. The minimum absolute atomic E-state index is 0.0342. The van der Waals surface area contributed by atoms with E-state index in [0.717, 1.165) is 16.7 Å². The Morgan fingerprint density at radius 3 is 2.42 bits per heavy atom. The first-order valence-electron chi connectivity index (χ1n) is 8.45. The van der Waals surface area contributed by atoms with E-state index in [1.807, 2.05) is 64.6 Å². The maximum atomic E-state index is 12.8. The Morgan fingerprint density at radius 2 is 1.83 bits per heavy atom. The molecule has 1 atom stereocenters. The molecular formula is C19H28N2O3. The number of nitrogens with zero attached hydrogens (tertiary/aromatic N) is 2. The van der Waals surface area contributed by atoms with Crippen LogP contribution >= 0.6 is 0 Å². The maximum absolute atomic E-state index is 12.8. The molecule has 1 saturated heterocycles. The lowest BCUT2D eigenvalue weighted by atomic mass is 10.0. The molecule has 0 unspecified atom stereocenters. The molecule has 1 aromatic rings. The van der Waals surface area contributed by atoms with Crippen LogP contribution in [0.4, 0.5) is 4.79 Å². The Balaban J connectivity index is 2.06. The van der Waals surface area contributed by atoms with E-state index in [1.54, 1.807) is 4.90 Å². The lowest BCUT2D eigenvalue weighted by Crippen LogP contribution is -2.56. The van der Waals surface area contributed by atoms with Crippen LogP contribution in [0, 0.1) is 13.8 Å². The van der Waals surface area contributed by atoms with Crippen molar-refractivity contribution in [2.75, 3.05) is 19.6 Å². The van der Waals surface area contributed by atoms with Gasteiger partial charge in [0, 0.05) is 31.2 Å². The Kier molecular flexibility index (Phi) is 5.21. The number of carbonyl (C=O) groups excluding carboxylic acids is 2. The second-order valence-corrected chi connectivity index (χ2v) is 7.52. The van der Waals surface area contributed by atoms with Crippen molar-refractivity contribution in [3.63, 3.8) is 0 Å². The number of carbonyl (C=O) groups is 2. The van der Waals surface area contributed by atoms with Gasteiger partial charge in [-0.05, 0) is 58.7 Å². The Labute approximate surface area is 144 Å². The third-order valence-corrected chi connectivity index (χ3v) is 4.38. The number of hydrogen-bond donors (Lipinski definition) is 0. The third-order valence-electron chi connectivity index (χ3n) is 4.38. The lowest BCUT2D eigenvalue weighted by molar-refractivity contribution is 0.00197. The molecule has 0 spiro atoms. The van der Waals surface area contributed by atoms with Crippen LogP contribution in [0.15, 0.2) is 18.2 Å². The topological polar surface area (TPSA) is 49.9 Å². The normalized spacial score (nSPS) is 18.5. The van der Waals surface area contributed by atoms with Gasteiger partial charge < -0.3 is 14.5 Å². The summed E-state index contributed by atoms with van der Waals surface area (Å²) in [6.45, 7) is 13.0. The van der Waals surface area contributed by atoms with Gasteiger partial charge in [-0.1, -0.05) is 12.1 Å². The number of aryl methyl sites for hydroxylation is 1. The quantitative estimate of drug-likeness (QED) is 0.792. The fourth-order valence-electron chi connectivity index (χ4n) is 2.89. The lowest BCUT2D eigenvalue weighted by Gasteiger charge is -2.40. The van der Waals surface area contributed by atoms with Crippen molar-refractivity contribution in [2.45, 2.75) is 53.2 Å². The zero-order valence-electron chi connectivity index (χ0n) is 15.5. The van der Waals surface area contributed by atoms with Crippen molar-refractivity contribution < 1.29 is 14.3 Å². The van der Waals surface area contributed by atoms with E-state index in [2.05, 4.69) is 0 Å². The van der Waals surface area contributed by atoms with Crippen molar-refractivity contribution in [2.24, 2.45) is 0 Å². The summed E-state index contributed by atoms with van der Waals surface area (Å²) in [7, 11) is 0. The van der Waals surface area contributed by atoms with Gasteiger partial charge in [0.15, 0.2) is 0 Å². The van der Waals surface area contributed by atoms with E-state index in [-0.39, 0.29) is 18.0 Å². The van der Waals surface area contributed by atoms with E-state index in [4.69, 9.17) is 4.74 Å². The van der Waals surface area contributed by atoms with Gasteiger partial charge in [0.1, 0.15) is 5.60 Å².